The highest BCUT2D eigenvalue weighted by molar-refractivity contribution is 7.92. The second-order valence-corrected chi connectivity index (χ2v) is 11.8. The van der Waals surface area contributed by atoms with Crippen LogP contribution in [0.1, 0.15) is 17.0 Å². The molecule has 1 amide bonds. The molecule has 0 fully saturated rings. The molecule has 220 valence electrons. The lowest BCUT2D eigenvalue weighted by Gasteiger charge is -2.24. The summed E-state index contributed by atoms with van der Waals surface area (Å²) in [4.78, 5) is 12.8. The van der Waals surface area contributed by atoms with E-state index in [1.165, 1.54) is 50.8 Å². The van der Waals surface area contributed by atoms with E-state index in [2.05, 4.69) is 10.5 Å². The summed E-state index contributed by atoms with van der Waals surface area (Å²) in [6.07, 6.45) is 1.44. The zero-order valence-corrected chi connectivity index (χ0v) is 25.4. The molecule has 0 aliphatic rings. The summed E-state index contributed by atoms with van der Waals surface area (Å²) in [6.45, 7) is 3.11. The Morgan fingerprint density at radius 3 is 2.36 bits per heavy atom. The van der Waals surface area contributed by atoms with E-state index in [1.807, 2.05) is 24.5 Å². The van der Waals surface area contributed by atoms with Crippen molar-refractivity contribution in [2.24, 2.45) is 5.10 Å². The molecule has 9 nitrogen and oxygen atoms in total. The van der Waals surface area contributed by atoms with Gasteiger partial charge in [-0.05, 0) is 74.5 Å². The number of sulfonamides is 1. The predicted octanol–water partition coefficient (Wildman–Crippen LogP) is 5.90. The lowest BCUT2D eigenvalue weighted by Crippen LogP contribution is -2.39. The van der Waals surface area contributed by atoms with Gasteiger partial charge in [-0.1, -0.05) is 23.2 Å². The Bertz CT molecular complexity index is 1760. The van der Waals surface area contributed by atoms with Crippen LogP contribution in [0.4, 0.5) is 10.1 Å². The topological polar surface area (TPSA) is 102 Å². The Morgan fingerprint density at radius 1 is 1.00 bits per heavy atom. The van der Waals surface area contributed by atoms with Crippen molar-refractivity contribution in [1.29, 1.82) is 0 Å². The zero-order chi connectivity index (χ0) is 30.6. The predicted molar refractivity (Wildman–Crippen MR) is 161 cm³/mol. The zero-order valence-electron chi connectivity index (χ0n) is 23.1. The minimum atomic E-state index is -4.31. The molecule has 42 heavy (non-hydrogen) atoms. The van der Waals surface area contributed by atoms with Gasteiger partial charge < -0.3 is 14.0 Å². The van der Waals surface area contributed by atoms with E-state index in [1.54, 1.807) is 18.2 Å². The van der Waals surface area contributed by atoms with Crippen LogP contribution in [0.5, 0.6) is 11.5 Å². The van der Waals surface area contributed by atoms with E-state index in [-0.39, 0.29) is 16.3 Å². The Hall–Kier alpha value is -4.06. The van der Waals surface area contributed by atoms with Crippen LogP contribution in [0, 0.1) is 19.7 Å². The van der Waals surface area contributed by atoms with E-state index in [0.29, 0.717) is 27.0 Å². The first-order valence-electron chi connectivity index (χ1n) is 12.4. The van der Waals surface area contributed by atoms with Crippen LogP contribution in [-0.2, 0) is 14.8 Å². The van der Waals surface area contributed by atoms with Gasteiger partial charge >= 0.3 is 0 Å². The number of amides is 1. The molecule has 3 aromatic carbocycles. The van der Waals surface area contributed by atoms with E-state index in [4.69, 9.17) is 32.7 Å². The molecule has 1 aromatic heterocycles. The fraction of sp³-hybridized carbons (Fsp3) is 0.172. The molecule has 0 aliphatic carbocycles. The number of hydrogen-bond acceptors (Lipinski definition) is 6. The van der Waals surface area contributed by atoms with Crippen molar-refractivity contribution in [2.45, 2.75) is 18.7 Å². The van der Waals surface area contributed by atoms with Crippen LogP contribution in [0.2, 0.25) is 10.0 Å². The van der Waals surface area contributed by atoms with Gasteiger partial charge in [0.05, 0.1) is 41.7 Å². The normalized spacial score (nSPS) is 11.5. The van der Waals surface area contributed by atoms with E-state index < -0.39 is 28.3 Å². The highest BCUT2D eigenvalue weighted by Crippen LogP contribution is 2.32. The Morgan fingerprint density at radius 2 is 1.69 bits per heavy atom. The van der Waals surface area contributed by atoms with Crippen LogP contribution in [0.3, 0.4) is 0 Å². The van der Waals surface area contributed by atoms with Gasteiger partial charge in [0.2, 0.25) is 0 Å². The molecule has 0 radical (unpaired) electrons. The summed E-state index contributed by atoms with van der Waals surface area (Å²) in [5.41, 5.74) is 5.48. The first kappa shape index (κ1) is 30.9. The van der Waals surface area contributed by atoms with Crippen molar-refractivity contribution in [3.05, 3.63) is 99.5 Å². The van der Waals surface area contributed by atoms with Crippen LogP contribution in [0.15, 0.2) is 76.7 Å². The number of nitrogens with one attached hydrogen (secondary N) is 1. The van der Waals surface area contributed by atoms with Gasteiger partial charge in [0.25, 0.3) is 15.9 Å². The lowest BCUT2D eigenvalue weighted by molar-refractivity contribution is -0.119. The quantitative estimate of drug-likeness (QED) is 0.173. The van der Waals surface area contributed by atoms with E-state index >= 15 is 0 Å². The molecule has 4 aromatic rings. The number of nitrogens with zero attached hydrogens (tertiary/aromatic N) is 3. The average Bonchev–Trinajstić information content (AvgIpc) is 3.25. The van der Waals surface area contributed by atoms with Gasteiger partial charge in [0, 0.05) is 28.0 Å². The molecule has 1 N–H and O–H groups in total. The lowest BCUT2D eigenvalue weighted by atomic mass is 10.2. The molecule has 0 aliphatic heterocycles. The number of hydrogen-bond donors (Lipinski definition) is 1. The molecule has 0 saturated heterocycles. The number of methoxy groups -OCH3 is 2. The summed E-state index contributed by atoms with van der Waals surface area (Å²) in [5, 5.41) is 5.08. The van der Waals surface area contributed by atoms with Crippen molar-refractivity contribution >= 4 is 51.0 Å². The van der Waals surface area contributed by atoms with E-state index in [0.717, 1.165) is 27.8 Å². The minimum Gasteiger partial charge on any atom is -0.493 e. The second-order valence-electron chi connectivity index (χ2n) is 9.06. The van der Waals surface area contributed by atoms with E-state index in [9.17, 15) is 17.6 Å². The molecular formula is C29H27Cl2FN4O5S. The summed E-state index contributed by atoms with van der Waals surface area (Å²) < 4.78 is 54.2. The summed E-state index contributed by atoms with van der Waals surface area (Å²) in [6, 6.07) is 15.8. The van der Waals surface area contributed by atoms with Gasteiger partial charge in [-0.15, -0.1) is 0 Å². The van der Waals surface area contributed by atoms with Gasteiger partial charge in [-0.2, -0.15) is 5.10 Å². The average molecular weight is 634 g/mol. The van der Waals surface area contributed by atoms with Crippen LogP contribution in [0.25, 0.3) is 5.69 Å². The van der Waals surface area contributed by atoms with Crippen molar-refractivity contribution in [2.75, 3.05) is 25.1 Å². The number of aryl methyl sites for hydroxylation is 1. The van der Waals surface area contributed by atoms with Crippen molar-refractivity contribution in [1.82, 2.24) is 9.99 Å². The Kier molecular flexibility index (Phi) is 9.45. The first-order chi connectivity index (χ1) is 20.0. The van der Waals surface area contributed by atoms with Gasteiger partial charge in [0.15, 0.2) is 11.5 Å². The molecule has 4 rings (SSSR count). The molecule has 13 heteroatoms. The molecule has 0 atom stereocenters. The second kappa shape index (κ2) is 12.8. The largest absolute Gasteiger partial charge is 0.493 e. The maximum Gasteiger partial charge on any atom is 0.264 e. The number of anilines is 1. The standard InChI is InChI=1S/C29H27Cl2FN4O5S/c1-18-13-20(19(2)36(18)26-14-21(30)5-11-25(26)31)16-33-34-29(37)17-35(23-8-6-22(32)7-9-23)42(38,39)24-10-12-27(40-3)28(15-24)41-4/h5-16H,17H2,1-4H3,(H,34,37)/b33-16-. The number of ether oxygens (including phenoxy) is 2. The van der Waals surface area contributed by atoms with Crippen molar-refractivity contribution < 1.29 is 27.1 Å². The first-order valence-corrected chi connectivity index (χ1v) is 14.6. The number of hydrazone groups is 1. The molecular weight excluding hydrogens is 606 g/mol. The van der Waals surface area contributed by atoms with Crippen molar-refractivity contribution in [3.8, 4) is 17.2 Å². The molecule has 0 saturated carbocycles. The summed E-state index contributed by atoms with van der Waals surface area (Å²) in [5.74, 6) is -0.781. The smallest absolute Gasteiger partial charge is 0.264 e. The number of aromatic nitrogens is 1. The summed E-state index contributed by atoms with van der Waals surface area (Å²) in [7, 11) is -1.51. The van der Waals surface area contributed by atoms with Crippen LogP contribution >= 0.6 is 23.2 Å². The van der Waals surface area contributed by atoms with Crippen molar-refractivity contribution in [3.63, 3.8) is 0 Å². The highest BCUT2D eigenvalue weighted by atomic mass is 35.5. The fourth-order valence-corrected chi connectivity index (χ4v) is 6.12. The molecule has 0 spiro atoms. The van der Waals surface area contributed by atoms with Crippen LogP contribution in [-0.4, -0.2) is 45.9 Å². The number of halogens is 3. The Labute approximate surface area is 253 Å². The Balaban J connectivity index is 1.59. The third kappa shape index (κ3) is 6.53. The maximum atomic E-state index is 13.7. The minimum absolute atomic E-state index is 0.0762. The van der Waals surface area contributed by atoms with Gasteiger partial charge in [-0.25, -0.2) is 18.2 Å². The number of carbonyl (C=O) groups is 1. The van der Waals surface area contributed by atoms with Gasteiger partial charge in [-0.3, -0.25) is 9.10 Å². The van der Waals surface area contributed by atoms with Gasteiger partial charge in [0.1, 0.15) is 12.4 Å². The number of carbonyl (C=O) groups excluding carboxylic acids is 1. The van der Waals surface area contributed by atoms with Crippen LogP contribution < -0.4 is 19.2 Å². The fourth-order valence-electron chi connectivity index (χ4n) is 4.31. The maximum absolute atomic E-state index is 13.7. The SMILES string of the molecule is COc1ccc(S(=O)(=O)N(CC(=O)N/N=C\c2cc(C)n(-c3cc(Cl)ccc3Cl)c2C)c2ccc(F)cc2)cc1OC. The number of benzene rings is 3. The third-order valence-electron chi connectivity index (χ3n) is 6.36. The molecule has 0 bridgehead atoms. The summed E-state index contributed by atoms with van der Waals surface area (Å²) >= 11 is 12.6. The number of rotatable bonds is 10. The molecule has 0 unspecified atom stereocenters. The third-order valence-corrected chi connectivity index (χ3v) is 8.68. The monoisotopic (exact) mass is 632 g/mol. The highest BCUT2D eigenvalue weighted by Gasteiger charge is 2.28. The molecule has 1 heterocycles.